The molecule has 2 heterocycles. The number of carbonyl (C=O) groups excluding carboxylic acids is 2. The predicted octanol–water partition coefficient (Wildman–Crippen LogP) is 3.35. The monoisotopic (exact) mass is 365 g/mol. The molecule has 1 saturated heterocycles. The Kier molecular flexibility index (Phi) is 5.34. The molecular formula is C18H20FNO4S. The Morgan fingerprint density at radius 1 is 1.32 bits per heavy atom. The summed E-state index contributed by atoms with van der Waals surface area (Å²) in [5.41, 5.74) is 0.541. The number of nitrogens with zero attached hydrogens (tertiary/aromatic N) is 1. The highest BCUT2D eigenvalue weighted by molar-refractivity contribution is 7.21. The van der Waals surface area contributed by atoms with Gasteiger partial charge in [-0.25, -0.2) is 9.18 Å². The number of hydrogen-bond donors (Lipinski definition) is 0. The second-order valence-corrected chi connectivity index (χ2v) is 7.04. The van der Waals surface area contributed by atoms with Crippen LogP contribution in [0.1, 0.15) is 34.5 Å². The fourth-order valence-electron chi connectivity index (χ4n) is 3.31. The molecule has 25 heavy (non-hydrogen) atoms. The van der Waals surface area contributed by atoms with Crippen LogP contribution in [-0.4, -0.2) is 43.6 Å². The van der Waals surface area contributed by atoms with E-state index in [2.05, 4.69) is 0 Å². The standard InChI is InChI=1S/C18H20FNO4S/c1-23-10-11-15-12(19)6-5-8-14(15)25-16(11)17(21)20-9-4-3-7-13(20)18(22)24-2/h5-6,8,13H,3-4,7,9-10H2,1-2H3. The summed E-state index contributed by atoms with van der Waals surface area (Å²) in [5, 5.41) is 0.421. The first-order chi connectivity index (χ1) is 12.1. The van der Waals surface area contributed by atoms with Crippen LogP contribution in [0.3, 0.4) is 0 Å². The first-order valence-corrected chi connectivity index (χ1v) is 8.97. The number of thiophene rings is 1. The zero-order valence-electron chi connectivity index (χ0n) is 14.2. The quantitative estimate of drug-likeness (QED) is 0.780. The number of piperidine rings is 1. The number of hydrogen-bond acceptors (Lipinski definition) is 5. The normalized spacial score (nSPS) is 17.7. The fourth-order valence-corrected chi connectivity index (χ4v) is 4.49. The van der Waals surface area contributed by atoms with Crippen molar-refractivity contribution in [3.05, 3.63) is 34.5 Å². The Balaban J connectivity index is 2.05. The lowest BCUT2D eigenvalue weighted by Gasteiger charge is -2.33. The lowest BCUT2D eigenvalue weighted by molar-refractivity contribution is -0.147. The molecule has 3 rings (SSSR count). The van der Waals surface area contributed by atoms with Crippen LogP contribution in [0.5, 0.6) is 0 Å². The number of esters is 1. The van der Waals surface area contributed by atoms with Crippen LogP contribution < -0.4 is 0 Å². The molecule has 1 atom stereocenters. The van der Waals surface area contributed by atoms with Crippen LogP contribution >= 0.6 is 11.3 Å². The molecule has 0 spiro atoms. The number of fused-ring (bicyclic) bond motifs is 1. The second-order valence-electron chi connectivity index (χ2n) is 5.99. The van der Waals surface area contributed by atoms with Gasteiger partial charge in [0.2, 0.25) is 0 Å². The molecule has 1 aliphatic rings. The SMILES string of the molecule is COCc1c(C(=O)N2CCCCC2C(=O)OC)sc2cccc(F)c12. The molecule has 2 aromatic rings. The van der Waals surface area contributed by atoms with Crippen molar-refractivity contribution in [2.45, 2.75) is 31.9 Å². The Bertz CT molecular complexity index is 804. The van der Waals surface area contributed by atoms with E-state index in [4.69, 9.17) is 9.47 Å². The first-order valence-electron chi connectivity index (χ1n) is 8.16. The average molecular weight is 365 g/mol. The summed E-state index contributed by atoms with van der Waals surface area (Å²) >= 11 is 1.24. The third-order valence-corrected chi connectivity index (χ3v) is 5.67. The van der Waals surface area contributed by atoms with Gasteiger partial charge in [-0.3, -0.25) is 4.79 Å². The molecule has 1 amide bonds. The summed E-state index contributed by atoms with van der Waals surface area (Å²) in [5.74, 6) is -1.04. The van der Waals surface area contributed by atoms with Gasteiger partial charge in [-0.1, -0.05) is 6.07 Å². The van der Waals surface area contributed by atoms with Crippen molar-refractivity contribution in [1.82, 2.24) is 4.90 Å². The van der Waals surface area contributed by atoms with Crippen LogP contribution in [0, 0.1) is 5.82 Å². The van der Waals surface area contributed by atoms with E-state index >= 15 is 0 Å². The van der Waals surface area contributed by atoms with Crippen molar-refractivity contribution >= 4 is 33.3 Å². The van der Waals surface area contributed by atoms with Gasteiger partial charge in [0.15, 0.2) is 0 Å². The van der Waals surface area contributed by atoms with Gasteiger partial charge in [0.25, 0.3) is 5.91 Å². The van der Waals surface area contributed by atoms with E-state index in [9.17, 15) is 14.0 Å². The summed E-state index contributed by atoms with van der Waals surface area (Å²) in [6, 6.07) is 4.20. The Morgan fingerprint density at radius 3 is 2.84 bits per heavy atom. The minimum Gasteiger partial charge on any atom is -0.467 e. The van der Waals surface area contributed by atoms with Crippen LogP contribution in [0.15, 0.2) is 18.2 Å². The summed E-state index contributed by atoms with van der Waals surface area (Å²) in [4.78, 5) is 27.2. The summed E-state index contributed by atoms with van der Waals surface area (Å²) < 4.78 is 25.0. The van der Waals surface area contributed by atoms with Crippen molar-refractivity contribution in [2.75, 3.05) is 20.8 Å². The number of amides is 1. The zero-order valence-corrected chi connectivity index (χ0v) is 15.0. The first kappa shape index (κ1) is 17.8. The number of benzene rings is 1. The number of halogens is 1. The Morgan fingerprint density at radius 2 is 2.12 bits per heavy atom. The van der Waals surface area contributed by atoms with Crippen LogP contribution in [0.4, 0.5) is 4.39 Å². The van der Waals surface area contributed by atoms with Gasteiger partial charge >= 0.3 is 5.97 Å². The number of carbonyl (C=O) groups is 2. The van der Waals surface area contributed by atoms with E-state index in [1.165, 1.54) is 31.6 Å². The van der Waals surface area contributed by atoms with E-state index in [-0.39, 0.29) is 18.3 Å². The Hall–Kier alpha value is -1.99. The minimum atomic E-state index is -0.586. The van der Waals surface area contributed by atoms with Gasteiger partial charge in [-0.05, 0) is 31.4 Å². The molecule has 1 aliphatic heterocycles. The average Bonchev–Trinajstić information content (AvgIpc) is 3.00. The van der Waals surface area contributed by atoms with Gasteiger partial charge in [0.05, 0.1) is 18.6 Å². The van der Waals surface area contributed by atoms with Crippen molar-refractivity contribution < 1.29 is 23.5 Å². The van der Waals surface area contributed by atoms with E-state index in [1.807, 2.05) is 0 Å². The second kappa shape index (κ2) is 7.49. The highest BCUT2D eigenvalue weighted by Gasteiger charge is 2.35. The van der Waals surface area contributed by atoms with Crippen LogP contribution in [0.25, 0.3) is 10.1 Å². The molecule has 0 radical (unpaired) electrons. The summed E-state index contributed by atoms with van der Waals surface area (Å²) in [6.45, 7) is 0.625. The molecule has 1 unspecified atom stereocenters. The smallest absolute Gasteiger partial charge is 0.328 e. The van der Waals surface area contributed by atoms with Crippen LogP contribution in [0.2, 0.25) is 0 Å². The van der Waals surface area contributed by atoms with E-state index in [0.29, 0.717) is 33.5 Å². The molecule has 0 aliphatic carbocycles. The van der Waals surface area contributed by atoms with Crippen molar-refractivity contribution in [3.8, 4) is 0 Å². The zero-order chi connectivity index (χ0) is 18.0. The predicted molar refractivity (Wildman–Crippen MR) is 93.2 cm³/mol. The van der Waals surface area contributed by atoms with Gasteiger partial charge in [0, 0.05) is 29.3 Å². The number of likely N-dealkylation sites (tertiary alicyclic amines) is 1. The maximum absolute atomic E-state index is 14.3. The van der Waals surface area contributed by atoms with Crippen LogP contribution in [-0.2, 0) is 20.9 Å². The highest BCUT2D eigenvalue weighted by Crippen LogP contribution is 2.35. The summed E-state index contributed by atoms with van der Waals surface area (Å²) in [6.07, 6.45) is 2.28. The molecule has 1 aromatic carbocycles. The molecule has 5 nitrogen and oxygen atoms in total. The van der Waals surface area contributed by atoms with Gasteiger partial charge in [0.1, 0.15) is 11.9 Å². The van der Waals surface area contributed by atoms with E-state index in [1.54, 1.807) is 17.0 Å². The van der Waals surface area contributed by atoms with E-state index in [0.717, 1.165) is 12.8 Å². The minimum absolute atomic E-state index is 0.138. The number of rotatable bonds is 4. The van der Waals surface area contributed by atoms with Gasteiger partial charge in [-0.15, -0.1) is 11.3 Å². The highest BCUT2D eigenvalue weighted by atomic mass is 32.1. The maximum Gasteiger partial charge on any atom is 0.328 e. The largest absolute Gasteiger partial charge is 0.467 e. The summed E-state index contributed by atoms with van der Waals surface area (Å²) in [7, 11) is 2.83. The molecule has 7 heteroatoms. The molecule has 134 valence electrons. The molecule has 0 bridgehead atoms. The fraction of sp³-hybridized carbons (Fsp3) is 0.444. The topological polar surface area (TPSA) is 55.8 Å². The molecule has 1 aromatic heterocycles. The third-order valence-electron chi connectivity index (χ3n) is 4.48. The molecular weight excluding hydrogens is 345 g/mol. The Labute approximate surface area is 149 Å². The van der Waals surface area contributed by atoms with Crippen molar-refractivity contribution in [3.63, 3.8) is 0 Å². The van der Waals surface area contributed by atoms with Gasteiger partial charge < -0.3 is 14.4 Å². The lowest BCUT2D eigenvalue weighted by Crippen LogP contribution is -2.48. The van der Waals surface area contributed by atoms with Crippen molar-refractivity contribution in [2.24, 2.45) is 0 Å². The van der Waals surface area contributed by atoms with Gasteiger partial charge in [-0.2, -0.15) is 0 Å². The molecule has 0 saturated carbocycles. The third kappa shape index (κ3) is 3.26. The van der Waals surface area contributed by atoms with Crippen molar-refractivity contribution in [1.29, 1.82) is 0 Å². The lowest BCUT2D eigenvalue weighted by atomic mass is 10.0. The molecule has 0 N–H and O–H groups in total. The van der Waals surface area contributed by atoms with E-state index < -0.39 is 12.0 Å². The number of methoxy groups -OCH3 is 2. The molecule has 1 fully saturated rings. The number of ether oxygens (including phenoxy) is 2. The maximum atomic E-state index is 14.3.